The van der Waals surface area contributed by atoms with Gasteiger partial charge in [-0.1, -0.05) is 0 Å². The Kier molecular flexibility index (Phi) is 4.55. The SMILES string of the molecule is O=C(NCO)N(CO)CO. The molecule has 0 spiro atoms. The Hall–Kier alpha value is -0.850. The number of hydrogen-bond acceptors (Lipinski definition) is 4. The summed E-state index contributed by atoms with van der Waals surface area (Å²) in [7, 11) is 0. The summed E-state index contributed by atoms with van der Waals surface area (Å²) >= 11 is 0. The summed E-state index contributed by atoms with van der Waals surface area (Å²) in [5.41, 5.74) is 0. The minimum absolute atomic E-state index is 0.519. The molecule has 0 bridgehead atoms. The maximum atomic E-state index is 10.5. The Bertz CT molecular complexity index is 103. The molecular formula is C4H10N2O4. The van der Waals surface area contributed by atoms with Crippen LogP contribution in [0.1, 0.15) is 0 Å². The number of amides is 2. The first-order chi connectivity index (χ1) is 4.76. The summed E-state index contributed by atoms with van der Waals surface area (Å²) in [5, 5.41) is 26.8. The molecule has 0 aromatic rings. The lowest BCUT2D eigenvalue weighted by Crippen LogP contribution is -2.41. The van der Waals surface area contributed by atoms with Crippen LogP contribution in [0.3, 0.4) is 0 Å². The topological polar surface area (TPSA) is 93.0 Å². The van der Waals surface area contributed by atoms with Crippen LogP contribution in [0.4, 0.5) is 4.79 Å². The van der Waals surface area contributed by atoms with Crippen molar-refractivity contribution < 1.29 is 20.1 Å². The molecule has 0 aliphatic carbocycles. The van der Waals surface area contributed by atoms with E-state index in [1.165, 1.54) is 0 Å². The van der Waals surface area contributed by atoms with Crippen LogP contribution in [0, 0.1) is 0 Å². The van der Waals surface area contributed by atoms with Crippen LogP contribution >= 0.6 is 0 Å². The predicted octanol–water partition coefficient (Wildman–Crippen LogP) is -2.15. The Morgan fingerprint density at radius 3 is 2.10 bits per heavy atom. The molecule has 0 aromatic carbocycles. The van der Waals surface area contributed by atoms with E-state index in [0.717, 1.165) is 0 Å². The van der Waals surface area contributed by atoms with E-state index in [0.29, 0.717) is 4.90 Å². The molecule has 0 aromatic heterocycles. The third kappa shape index (κ3) is 2.62. The molecule has 0 fully saturated rings. The van der Waals surface area contributed by atoms with Gasteiger partial charge in [-0.15, -0.1) is 0 Å². The van der Waals surface area contributed by atoms with Gasteiger partial charge in [0.25, 0.3) is 0 Å². The number of hydrogen-bond donors (Lipinski definition) is 4. The van der Waals surface area contributed by atoms with Crippen LogP contribution in [0.15, 0.2) is 0 Å². The zero-order valence-corrected chi connectivity index (χ0v) is 5.32. The summed E-state index contributed by atoms with van der Waals surface area (Å²) in [6, 6.07) is -0.715. The minimum atomic E-state index is -0.715. The van der Waals surface area contributed by atoms with Gasteiger partial charge in [-0.25, -0.2) is 4.79 Å². The smallest absolute Gasteiger partial charge is 0.322 e. The van der Waals surface area contributed by atoms with Gasteiger partial charge in [0, 0.05) is 0 Å². The van der Waals surface area contributed by atoms with Gasteiger partial charge in [-0.3, -0.25) is 4.90 Å². The van der Waals surface area contributed by atoms with Crippen LogP contribution in [0.25, 0.3) is 0 Å². The molecule has 6 nitrogen and oxygen atoms in total. The number of carbonyl (C=O) groups excluding carboxylic acids is 1. The van der Waals surface area contributed by atoms with Crippen molar-refractivity contribution in [1.82, 2.24) is 10.2 Å². The van der Waals surface area contributed by atoms with Crippen molar-refractivity contribution >= 4 is 6.03 Å². The third-order valence-electron chi connectivity index (χ3n) is 0.859. The lowest BCUT2D eigenvalue weighted by atomic mass is 10.8. The largest absolute Gasteiger partial charge is 0.376 e. The van der Waals surface area contributed by atoms with Crippen molar-refractivity contribution in [3.05, 3.63) is 0 Å². The second-order valence-corrected chi connectivity index (χ2v) is 1.46. The Morgan fingerprint density at radius 1 is 1.30 bits per heavy atom. The van der Waals surface area contributed by atoms with Gasteiger partial charge < -0.3 is 20.6 Å². The number of aliphatic hydroxyl groups is 3. The standard InChI is InChI=1S/C4H10N2O4/c7-1-5-4(10)6(2-8)3-9/h7-9H,1-3H2,(H,5,10). The fraction of sp³-hybridized carbons (Fsp3) is 0.750. The first-order valence-electron chi connectivity index (χ1n) is 2.61. The fourth-order valence-electron chi connectivity index (χ4n) is 0.353. The molecular weight excluding hydrogens is 140 g/mol. The lowest BCUT2D eigenvalue weighted by Gasteiger charge is -2.15. The molecule has 0 aliphatic rings. The van der Waals surface area contributed by atoms with E-state index in [1.807, 2.05) is 5.32 Å². The second-order valence-electron chi connectivity index (χ2n) is 1.46. The van der Waals surface area contributed by atoms with E-state index in [2.05, 4.69) is 0 Å². The number of nitrogens with one attached hydrogen (secondary N) is 1. The first-order valence-corrected chi connectivity index (χ1v) is 2.61. The van der Waals surface area contributed by atoms with Gasteiger partial charge in [-0.05, 0) is 0 Å². The number of urea groups is 1. The Balaban J connectivity index is 3.65. The average Bonchev–Trinajstić information content (AvgIpc) is 1.91. The molecule has 6 heteroatoms. The van der Waals surface area contributed by atoms with Gasteiger partial charge in [0.1, 0.15) is 20.2 Å². The normalized spacial score (nSPS) is 9.10. The number of nitrogens with zero attached hydrogens (tertiary/aromatic N) is 1. The summed E-state index contributed by atoms with van der Waals surface area (Å²) < 4.78 is 0. The van der Waals surface area contributed by atoms with E-state index in [1.54, 1.807) is 0 Å². The lowest BCUT2D eigenvalue weighted by molar-refractivity contribution is 0.0539. The molecule has 4 N–H and O–H groups in total. The molecule has 0 heterocycles. The molecule has 0 radical (unpaired) electrons. The number of carbonyl (C=O) groups is 1. The molecule has 0 rings (SSSR count). The highest BCUT2D eigenvalue weighted by Gasteiger charge is 2.07. The second kappa shape index (κ2) is 4.98. The number of aliphatic hydroxyl groups excluding tert-OH is 3. The number of rotatable bonds is 3. The molecule has 0 saturated carbocycles. The van der Waals surface area contributed by atoms with Gasteiger partial charge in [0.05, 0.1) is 0 Å². The average molecular weight is 150 g/mol. The molecule has 10 heavy (non-hydrogen) atoms. The Labute approximate surface area is 57.7 Å². The molecule has 0 saturated heterocycles. The molecule has 60 valence electrons. The summed E-state index contributed by atoms with van der Waals surface area (Å²) in [5.74, 6) is 0. The third-order valence-corrected chi connectivity index (χ3v) is 0.859. The fourth-order valence-corrected chi connectivity index (χ4v) is 0.353. The van der Waals surface area contributed by atoms with E-state index >= 15 is 0 Å². The van der Waals surface area contributed by atoms with Crippen molar-refractivity contribution in [2.24, 2.45) is 0 Å². The minimum Gasteiger partial charge on any atom is -0.376 e. The van der Waals surface area contributed by atoms with E-state index < -0.39 is 26.2 Å². The maximum absolute atomic E-state index is 10.5. The molecule has 2 amide bonds. The highest BCUT2D eigenvalue weighted by molar-refractivity contribution is 5.73. The van der Waals surface area contributed by atoms with Crippen molar-refractivity contribution in [1.29, 1.82) is 0 Å². The van der Waals surface area contributed by atoms with E-state index in [4.69, 9.17) is 15.3 Å². The quantitative estimate of drug-likeness (QED) is 0.345. The van der Waals surface area contributed by atoms with E-state index in [-0.39, 0.29) is 0 Å². The van der Waals surface area contributed by atoms with E-state index in [9.17, 15) is 4.79 Å². The predicted molar refractivity (Wildman–Crippen MR) is 31.6 cm³/mol. The summed E-state index contributed by atoms with van der Waals surface area (Å²) in [6.07, 6.45) is 0. The highest BCUT2D eigenvalue weighted by atomic mass is 16.3. The molecule has 0 aliphatic heterocycles. The van der Waals surface area contributed by atoms with Crippen LogP contribution in [0.2, 0.25) is 0 Å². The monoisotopic (exact) mass is 150 g/mol. The zero-order chi connectivity index (χ0) is 7.98. The van der Waals surface area contributed by atoms with Crippen LogP contribution in [-0.2, 0) is 0 Å². The summed E-state index contributed by atoms with van der Waals surface area (Å²) in [6.45, 7) is -1.68. The summed E-state index contributed by atoms with van der Waals surface area (Å²) in [4.78, 5) is 11.2. The molecule has 0 unspecified atom stereocenters. The first kappa shape index (κ1) is 9.15. The highest BCUT2D eigenvalue weighted by Crippen LogP contribution is 1.82. The molecule has 0 atom stereocenters. The Morgan fingerprint density at radius 2 is 1.80 bits per heavy atom. The van der Waals surface area contributed by atoms with Gasteiger partial charge in [-0.2, -0.15) is 0 Å². The maximum Gasteiger partial charge on any atom is 0.322 e. The zero-order valence-electron chi connectivity index (χ0n) is 5.32. The van der Waals surface area contributed by atoms with Crippen LogP contribution in [0.5, 0.6) is 0 Å². The van der Waals surface area contributed by atoms with Crippen LogP contribution in [-0.4, -0.2) is 46.4 Å². The van der Waals surface area contributed by atoms with Crippen molar-refractivity contribution in [2.45, 2.75) is 0 Å². The van der Waals surface area contributed by atoms with Gasteiger partial charge >= 0.3 is 6.03 Å². The van der Waals surface area contributed by atoms with Crippen molar-refractivity contribution in [3.8, 4) is 0 Å². The van der Waals surface area contributed by atoms with Crippen molar-refractivity contribution in [3.63, 3.8) is 0 Å². The van der Waals surface area contributed by atoms with Crippen molar-refractivity contribution in [2.75, 3.05) is 20.2 Å². The van der Waals surface area contributed by atoms with Gasteiger partial charge in [0.2, 0.25) is 0 Å². The van der Waals surface area contributed by atoms with Crippen LogP contribution < -0.4 is 5.32 Å². The van der Waals surface area contributed by atoms with Gasteiger partial charge in [0.15, 0.2) is 0 Å².